The molecular formula is C46H48N10O4. The van der Waals surface area contributed by atoms with Crippen LogP contribution >= 0.6 is 0 Å². The maximum atomic E-state index is 14.0. The van der Waals surface area contributed by atoms with Gasteiger partial charge in [0.1, 0.15) is 23.7 Å². The van der Waals surface area contributed by atoms with Gasteiger partial charge in [-0.3, -0.25) is 9.59 Å². The second kappa shape index (κ2) is 16.9. The van der Waals surface area contributed by atoms with Crippen LogP contribution in [0.1, 0.15) is 72.6 Å². The van der Waals surface area contributed by atoms with Gasteiger partial charge in [0.15, 0.2) is 0 Å². The molecule has 0 spiro atoms. The van der Waals surface area contributed by atoms with E-state index in [4.69, 9.17) is 21.4 Å². The maximum Gasteiger partial charge on any atom is 0.315 e. The van der Waals surface area contributed by atoms with Gasteiger partial charge in [0.05, 0.1) is 35.9 Å². The fraction of sp³-hybridized carbons (Fsp3) is 0.261. The van der Waals surface area contributed by atoms with E-state index < -0.39 is 24.1 Å². The molecule has 0 aliphatic carbocycles. The van der Waals surface area contributed by atoms with Crippen LogP contribution in [0.5, 0.6) is 0 Å². The largest absolute Gasteiger partial charge is 0.351 e. The van der Waals surface area contributed by atoms with Gasteiger partial charge >= 0.3 is 12.1 Å². The number of aromatic nitrogens is 4. The van der Waals surface area contributed by atoms with Gasteiger partial charge in [-0.15, -0.1) is 0 Å². The fourth-order valence-corrected chi connectivity index (χ4v) is 8.52. The summed E-state index contributed by atoms with van der Waals surface area (Å²) in [5.74, 6) is 1.01. The van der Waals surface area contributed by atoms with Crippen molar-refractivity contribution in [3.63, 3.8) is 0 Å². The van der Waals surface area contributed by atoms with Gasteiger partial charge < -0.3 is 41.0 Å². The monoisotopic (exact) mass is 804 g/mol. The third-order valence-corrected chi connectivity index (χ3v) is 11.8. The molecule has 6 N–H and O–H groups in total. The highest BCUT2D eigenvalue weighted by atomic mass is 16.2. The van der Waals surface area contributed by atoms with Gasteiger partial charge in [-0.2, -0.15) is 0 Å². The quantitative estimate of drug-likeness (QED) is 0.109. The minimum absolute atomic E-state index is 0.192. The van der Waals surface area contributed by atoms with Crippen molar-refractivity contribution in [3.05, 3.63) is 144 Å². The number of amides is 6. The number of carbonyl (C=O) groups is 4. The summed E-state index contributed by atoms with van der Waals surface area (Å²) < 4.78 is 0. The predicted octanol–water partition coefficient (Wildman–Crippen LogP) is 6.96. The molecule has 4 atom stereocenters. The van der Waals surface area contributed by atoms with Crippen LogP contribution in [0.4, 0.5) is 9.59 Å². The minimum Gasteiger partial charge on any atom is -0.351 e. The van der Waals surface area contributed by atoms with Crippen molar-refractivity contribution in [2.24, 2.45) is 11.5 Å². The van der Waals surface area contributed by atoms with E-state index in [2.05, 4.69) is 34.2 Å². The number of carbonyl (C=O) groups excluding carboxylic acids is 4. The van der Waals surface area contributed by atoms with Gasteiger partial charge in [0.2, 0.25) is 0 Å². The van der Waals surface area contributed by atoms with Crippen LogP contribution in [-0.4, -0.2) is 90.6 Å². The summed E-state index contributed by atoms with van der Waals surface area (Å²) in [6.45, 7) is 1.11. The number of hydrogen-bond acceptors (Lipinski definition) is 6. The highest BCUT2D eigenvalue weighted by molar-refractivity contribution is 5.89. The maximum absolute atomic E-state index is 14.0. The molecule has 8 rings (SSSR count). The molecule has 2 aromatic heterocycles. The number of aromatic amines is 2. The second-order valence-corrected chi connectivity index (χ2v) is 15.4. The Morgan fingerprint density at radius 2 is 0.917 bits per heavy atom. The number of H-pyrrole nitrogens is 2. The predicted molar refractivity (Wildman–Crippen MR) is 227 cm³/mol. The molecule has 0 saturated carbocycles. The van der Waals surface area contributed by atoms with E-state index >= 15 is 0 Å². The number of rotatable bonds is 11. The minimum atomic E-state index is -0.838. The summed E-state index contributed by atoms with van der Waals surface area (Å²) in [6.07, 6.45) is 6.72. The topological polar surface area (TPSA) is 191 Å². The molecule has 0 radical (unpaired) electrons. The average Bonchev–Trinajstić information content (AvgIpc) is 4.12. The lowest BCUT2D eigenvalue weighted by Gasteiger charge is -2.32. The molecule has 2 fully saturated rings. The summed E-state index contributed by atoms with van der Waals surface area (Å²) in [5.41, 5.74) is 18.4. The Labute approximate surface area is 348 Å². The summed E-state index contributed by atoms with van der Waals surface area (Å²) in [7, 11) is 3.10. The first-order valence-corrected chi connectivity index (χ1v) is 20.2. The molecule has 2 aliphatic heterocycles. The van der Waals surface area contributed by atoms with Crippen molar-refractivity contribution >= 4 is 23.9 Å². The summed E-state index contributed by atoms with van der Waals surface area (Å²) >= 11 is 0. The third-order valence-electron chi connectivity index (χ3n) is 11.8. The van der Waals surface area contributed by atoms with Crippen molar-refractivity contribution in [3.8, 4) is 33.6 Å². The van der Waals surface area contributed by atoms with Gasteiger partial charge in [0.25, 0.3) is 11.8 Å². The van der Waals surface area contributed by atoms with E-state index in [0.717, 1.165) is 59.3 Å². The lowest BCUT2D eigenvalue weighted by molar-refractivity contribution is -0.137. The van der Waals surface area contributed by atoms with Crippen molar-refractivity contribution in [2.75, 3.05) is 27.2 Å². The molecule has 0 unspecified atom stereocenters. The molecule has 4 aromatic carbocycles. The first kappa shape index (κ1) is 39.6. The molecular weight excluding hydrogens is 757 g/mol. The van der Waals surface area contributed by atoms with E-state index in [-0.39, 0.29) is 23.9 Å². The average molecular weight is 805 g/mol. The zero-order valence-electron chi connectivity index (χ0n) is 33.6. The molecule has 2 saturated heterocycles. The number of likely N-dealkylation sites (tertiary alicyclic amines) is 2. The number of benzene rings is 4. The van der Waals surface area contributed by atoms with E-state index in [1.807, 2.05) is 84.9 Å². The normalized spacial score (nSPS) is 17.3. The van der Waals surface area contributed by atoms with Crippen LogP contribution in [0.3, 0.4) is 0 Å². The highest BCUT2D eigenvalue weighted by Gasteiger charge is 2.40. The van der Waals surface area contributed by atoms with Gasteiger partial charge in [-0.05, 0) is 59.1 Å². The van der Waals surface area contributed by atoms with Crippen molar-refractivity contribution in [1.29, 1.82) is 0 Å². The van der Waals surface area contributed by atoms with Crippen molar-refractivity contribution < 1.29 is 19.2 Å². The molecule has 14 heteroatoms. The number of hydrogen-bond donors (Lipinski definition) is 4. The lowest BCUT2D eigenvalue weighted by atomic mass is 10.0. The van der Waals surface area contributed by atoms with Crippen molar-refractivity contribution in [2.45, 2.75) is 49.9 Å². The zero-order chi connectivity index (χ0) is 41.9. The fourth-order valence-electron chi connectivity index (χ4n) is 8.52. The molecule has 4 heterocycles. The number of imidazole rings is 2. The smallest absolute Gasteiger partial charge is 0.315 e. The number of likely N-dealkylation sites (N-methyl/N-ethyl adjacent to an activating group) is 2. The van der Waals surface area contributed by atoms with Crippen LogP contribution in [0.25, 0.3) is 33.6 Å². The van der Waals surface area contributed by atoms with Crippen LogP contribution in [0, 0.1) is 0 Å². The summed E-state index contributed by atoms with van der Waals surface area (Å²) in [4.78, 5) is 75.0. The Hall–Kier alpha value is -7.22. The first-order valence-electron chi connectivity index (χ1n) is 20.2. The zero-order valence-corrected chi connectivity index (χ0v) is 33.6. The van der Waals surface area contributed by atoms with E-state index in [9.17, 15) is 19.2 Å². The van der Waals surface area contributed by atoms with Gasteiger partial charge in [-0.1, -0.05) is 109 Å². The summed E-state index contributed by atoms with van der Waals surface area (Å²) in [6, 6.07) is 31.4. The Balaban J connectivity index is 0.938. The molecule has 14 nitrogen and oxygen atoms in total. The number of urea groups is 2. The number of nitrogens with one attached hydrogen (secondary N) is 2. The molecule has 2 aliphatic rings. The van der Waals surface area contributed by atoms with Crippen LogP contribution < -0.4 is 11.5 Å². The van der Waals surface area contributed by atoms with E-state index in [0.29, 0.717) is 35.9 Å². The molecule has 60 heavy (non-hydrogen) atoms. The Kier molecular flexibility index (Phi) is 11.2. The van der Waals surface area contributed by atoms with E-state index in [1.165, 1.54) is 9.80 Å². The SMILES string of the molecule is CN(C(N)=O)[C@@H](C(=O)N1CCC[C@H]1c1ncc(-c2ccc(-c3ccc(-c4cnc([C@@H]5CCCN5C(=O)[C@@H](c5ccccc5)N(C)C(N)=O)[nH]4)cc3)cc2)[nH]1)c1ccccc1. The van der Waals surface area contributed by atoms with Crippen LogP contribution in [0.2, 0.25) is 0 Å². The second-order valence-electron chi connectivity index (χ2n) is 15.4. The number of primary amides is 2. The Morgan fingerprint density at radius 1 is 0.567 bits per heavy atom. The third kappa shape index (κ3) is 7.83. The molecule has 6 amide bonds. The number of nitrogens with two attached hydrogens (primary N) is 2. The standard InChI is InChI=1S/C46H48N10O4/c1-53(45(47)59)39(33-11-5-3-6-12-33)43(57)55-25-9-15-37(55)41-49-27-35(51-41)31-21-17-29(18-22-31)30-19-23-32(24-20-30)36-28-50-42(52-36)38-16-10-26-56(38)44(58)40(54(2)46(48)60)34-13-7-4-8-14-34/h3-8,11-14,17-24,27-28,37-40H,9-10,15-16,25-26H2,1-2H3,(H2,47,59)(H2,48,60)(H,49,51)(H,50,52)/t37-,38-,39+,40+/m0/s1. The molecule has 6 aromatic rings. The number of nitrogens with zero attached hydrogens (tertiary/aromatic N) is 6. The summed E-state index contributed by atoms with van der Waals surface area (Å²) in [5, 5.41) is 0. The van der Waals surface area contributed by atoms with Gasteiger partial charge in [-0.25, -0.2) is 19.6 Å². The lowest BCUT2D eigenvalue weighted by Crippen LogP contribution is -2.45. The van der Waals surface area contributed by atoms with Gasteiger partial charge in [0, 0.05) is 27.2 Å². The van der Waals surface area contributed by atoms with E-state index in [1.54, 1.807) is 36.3 Å². The molecule has 306 valence electrons. The Morgan fingerprint density at radius 3 is 1.27 bits per heavy atom. The van der Waals surface area contributed by atoms with Crippen LogP contribution in [0.15, 0.2) is 122 Å². The highest BCUT2D eigenvalue weighted by Crippen LogP contribution is 2.37. The molecule has 0 bridgehead atoms. The Bertz CT molecular complexity index is 2290. The van der Waals surface area contributed by atoms with Crippen LogP contribution in [-0.2, 0) is 9.59 Å². The first-order chi connectivity index (χ1) is 29.1. The van der Waals surface area contributed by atoms with Crippen molar-refractivity contribution in [1.82, 2.24) is 39.5 Å².